The molecule has 4 heteroatoms. The van der Waals surface area contributed by atoms with Gasteiger partial charge in [-0.25, -0.2) is 0 Å². The lowest BCUT2D eigenvalue weighted by atomic mass is 9.89. The number of aromatic nitrogens is 1. The summed E-state index contributed by atoms with van der Waals surface area (Å²) in [7, 11) is 0. The van der Waals surface area contributed by atoms with Crippen molar-refractivity contribution in [3.8, 4) is 0 Å². The van der Waals surface area contributed by atoms with E-state index in [9.17, 15) is 0 Å². The molecule has 2 heterocycles. The molecule has 1 saturated heterocycles. The molecule has 0 amide bonds. The first kappa shape index (κ1) is 12.7. The zero-order valence-corrected chi connectivity index (χ0v) is 11.4. The number of hydrogen-bond donors (Lipinski definition) is 0. The first-order valence-electron chi connectivity index (χ1n) is 6.46. The van der Waals surface area contributed by atoms with Gasteiger partial charge in [0, 0.05) is 13.1 Å². The third-order valence-corrected chi connectivity index (χ3v) is 3.94. The molecule has 0 spiro atoms. The molecule has 3 nitrogen and oxygen atoms in total. The van der Waals surface area contributed by atoms with Crippen LogP contribution in [0.4, 0.5) is 6.01 Å². The summed E-state index contributed by atoms with van der Waals surface area (Å²) >= 11 is 5.74. The maximum atomic E-state index is 5.74. The van der Waals surface area contributed by atoms with Crippen LogP contribution in [0.1, 0.15) is 38.8 Å². The standard InChI is InChI=1S/C13H21ClN2O/c1-10(2)11-4-3-6-16(7-5-11)13-15-12(8-14)9-17-13/h9-11H,3-8H2,1-2H3. The molecule has 1 aliphatic rings. The van der Waals surface area contributed by atoms with Crippen LogP contribution in [0.5, 0.6) is 0 Å². The first-order chi connectivity index (χ1) is 8.20. The molecule has 0 saturated carbocycles. The predicted octanol–water partition coefficient (Wildman–Crippen LogP) is 3.68. The minimum Gasteiger partial charge on any atom is -0.432 e. The van der Waals surface area contributed by atoms with Crippen molar-refractivity contribution < 1.29 is 4.42 Å². The molecule has 1 aliphatic heterocycles. The van der Waals surface area contributed by atoms with Gasteiger partial charge in [0.25, 0.3) is 6.01 Å². The van der Waals surface area contributed by atoms with Crippen LogP contribution in [-0.4, -0.2) is 18.1 Å². The van der Waals surface area contributed by atoms with Crippen molar-refractivity contribution in [3.05, 3.63) is 12.0 Å². The van der Waals surface area contributed by atoms with Crippen LogP contribution in [-0.2, 0) is 5.88 Å². The van der Waals surface area contributed by atoms with E-state index in [0.717, 1.165) is 36.6 Å². The third kappa shape index (κ3) is 3.15. The predicted molar refractivity (Wildman–Crippen MR) is 70.5 cm³/mol. The van der Waals surface area contributed by atoms with Crippen LogP contribution in [0.25, 0.3) is 0 Å². The normalized spacial score (nSPS) is 21.9. The Labute approximate surface area is 108 Å². The van der Waals surface area contributed by atoms with Gasteiger partial charge < -0.3 is 9.32 Å². The molecular weight excluding hydrogens is 236 g/mol. The van der Waals surface area contributed by atoms with Crippen molar-refractivity contribution in [2.24, 2.45) is 11.8 Å². The number of anilines is 1. The molecule has 1 fully saturated rings. The topological polar surface area (TPSA) is 29.3 Å². The highest BCUT2D eigenvalue weighted by Gasteiger charge is 2.21. The Hall–Kier alpha value is -0.700. The molecule has 0 aliphatic carbocycles. The Morgan fingerprint density at radius 3 is 2.94 bits per heavy atom. The molecule has 17 heavy (non-hydrogen) atoms. The number of alkyl halides is 1. The highest BCUT2D eigenvalue weighted by atomic mass is 35.5. The summed E-state index contributed by atoms with van der Waals surface area (Å²) in [5.74, 6) is 2.03. The average molecular weight is 257 g/mol. The van der Waals surface area contributed by atoms with Gasteiger partial charge in [-0.1, -0.05) is 13.8 Å². The van der Waals surface area contributed by atoms with Crippen molar-refractivity contribution in [1.29, 1.82) is 0 Å². The van der Waals surface area contributed by atoms with Gasteiger partial charge in [0.15, 0.2) is 0 Å². The molecule has 0 N–H and O–H groups in total. The fourth-order valence-corrected chi connectivity index (χ4v) is 2.61. The average Bonchev–Trinajstić information content (AvgIpc) is 2.65. The summed E-state index contributed by atoms with van der Waals surface area (Å²) in [6.07, 6.45) is 5.43. The second-order valence-corrected chi connectivity index (χ2v) is 5.44. The molecule has 1 unspecified atom stereocenters. The van der Waals surface area contributed by atoms with E-state index < -0.39 is 0 Å². The second kappa shape index (κ2) is 5.76. The van der Waals surface area contributed by atoms with Gasteiger partial charge in [0.2, 0.25) is 0 Å². The van der Waals surface area contributed by atoms with Crippen molar-refractivity contribution in [2.75, 3.05) is 18.0 Å². The van der Waals surface area contributed by atoms with Crippen LogP contribution < -0.4 is 4.90 Å². The molecular formula is C13H21ClN2O. The fraction of sp³-hybridized carbons (Fsp3) is 0.769. The van der Waals surface area contributed by atoms with E-state index in [4.69, 9.17) is 16.0 Å². The van der Waals surface area contributed by atoms with Crippen LogP contribution in [0.2, 0.25) is 0 Å². The molecule has 0 bridgehead atoms. The summed E-state index contributed by atoms with van der Waals surface area (Å²) in [5, 5.41) is 0. The lowest BCUT2D eigenvalue weighted by Gasteiger charge is -2.19. The van der Waals surface area contributed by atoms with E-state index >= 15 is 0 Å². The number of nitrogens with zero attached hydrogens (tertiary/aromatic N) is 2. The Kier molecular flexibility index (Phi) is 4.32. The number of rotatable bonds is 3. The summed E-state index contributed by atoms with van der Waals surface area (Å²) < 4.78 is 5.48. The quantitative estimate of drug-likeness (QED) is 0.773. The molecule has 1 aromatic heterocycles. The van der Waals surface area contributed by atoms with Crippen LogP contribution in [0.3, 0.4) is 0 Å². The minimum atomic E-state index is 0.423. The Bertz CT molecular complexity index is 351. The van der Waals surface area contributed by atoms with Gasteiger partial charge in [0.05, 0.1) is 11.6 Å². The summed E-state index contributed by atoms with van der Waals surface area (Å²) in [6, 6.07) is 0.741. The zero-order chi connectivity index (χ0) is 12.3. The number of oxazole rings is 1. The highest BCUT2D eigenvalue weighted by molar-refractivity contribution is 6.16. The van der Waals surface area contributed by atoms with Crippen molar-refractivity contribution in [1.82, 2.24) is 4.98 Å². The lowest BCUT2D eigenvalue weighted by Crippen LogP contribution is -2.24. The molecule has 0 radical (unpaired) electrons. The van der Waals surface area contributed by atoms with E-state index in [-0.39, 0.29) is 0 Å². The van der Waals surface area contributed by atoms with Crippen molar-refractivity contribution in [3.63, 3.8) is 0 Å². The molecule has 1 aromatic rings. The van der Waals surface area contributed by atoms with Crippen LogP contribution in [0.15, 0.2) is 10.7 Å². The summed E-state index contributed by atoms with van der Waals surface area (Å²) in [6.45, 7) is 6.73. The molecule has 2 rings (SSSR count). The highest BCUT2D eigenvalue weighted by Crippen LogP contribution is 2.27. The third-order valence-electron chi connectivity index (χ3n) is 3.66. The first-order valence-corrected chi connectivity index (χ1v) is 6.99. The SMILES string of the molecule is CC(C)C1CCCN(c2nc(CCl)co2)CC1. The van der Waals surface area contributed by atoms with E-state index in [1.165, 1.54) is 19.3 Å². The summed E-state index contributed by atoms with van der Waals surface area (Å²) in [4.78, 5) is 6.64. The Morgan fingerprint density at radius 2 is 2.29 bits per heavy atom. The maximum Gasteiger partial charge on any atom is 0.297 e. The van der Waals surface area contributed by atoms with Gasteiger partial charge in [-0.15, -0.1) is 11.6 Å². The fourth-order valence-electron chi connectivity index (χ4n) is 2.48. The van der Waals surface area contributed by atoms with Crippen LogP contribution in [0, 0.1) is 11.8 Å². The minimum absolute atomic E-state index is 0.423. The monoisotopic (exact) mass is 256 g/mol. The van der Waals surface area contributed by atoms with Gasteiger partial charge in [0.1, 0.15) is 6.26 Å². The van der Waals surface area contributed by atoms with E-state index in [2.05, 4.69) is 23.7 Å². The van der Waals surface area contributed by atoms with E-state index in [1.54, 1.807) is 6.26 Å². The smallest absolute Gasteiger partial charge is 0.297 e. The number of halogens is 1. The van der Waals surface area contributed by atoms with Gasteiger partial charge >= 0.3 is 0 Å². The zero-order valence-electron chi connectivity index (χ0n) is 10.7. The van der Waals surface area contributed by atoms with Gasteiger partial charge in [-0.2, -0.15) is 4.98 Å². The van der Waals surface area contributed by atoms with E-state index in [0.29, 0.717) is 5.88 Å². The molecule has 0 aromatic carbocycles. The van der Waals surface area contributed by atoms with Crippen LogP contribution >= 0.6 is 11.6 Å². The van der Waals surface area contributed by atoms with E-state index in [1.807, 2.05) is 0 Å². The Morgan fingerprint density at radius 1 is 1.47 bits per heavy atom. The Balaban J connectivity index is 1.98. The van der Waals surface area contributed by atoms with Crippen molar-refractivity contribution >= 4 is 17.6 Å². The number of hydrogen-bond acceptors (Lipinski definition) is 3. The van der Waals surface area contributed by atoms with Gasteiger partial charge in [-0.05, 0) is 31.1 Å². The molecule has 96 valence electrons. The second-order valence-electron chi connectivity index (χ2n) is 5.18. The molecule has 1 atom stereocenters. The lowest BCUT2D eigenvalue weighted by molar-refractivity contribution is 0.351. The van der Waals surface area contributed by atoms with Gasteiger partial charge in [-0.3, -0.25) is 0 Å². The maximum absolute atomic E-state index is 5.74. The van der Waals surface area contributed by atoms with Crippen molar-refractivity contribution in [2.45, 2.75) is 39.0 Å². The largest absolute Gasteiger partial charge is 0.432 e. The summed E-state index contributed by atoms with van der Waals surface area (Å²) in [5.41, 5.74) is 0.825.